The highest BCUT2D eigenvalue weighted by Gasteiger charge is 2.07. The maximum Gasteiger partial charge on any atom is 0.216 e. The molecular formula is C13H12N10. The van der Waals surface area contributed by atoms with E-state index in [2.05, 4.69) is 41.4 Å². The number of tetrazole rings is 2. The van der Waals surface area contributed by atoms with E-state index < -0.39 is 0 Å². The number of aromatic amines is 1. The Kier molecular flexibility index (Phi) is 4.01. The molecule has 0 atom stereocenters. The summed E-state index contributed by atoms with van der Waals surface area (Å²) in [5.74, 6) is 0.766. The lowest BCUT2D eigenvalue weighted by Gasteiger charge is -2.02. The summed E-state index contributed by atoms with van der Waals surface area (Å²) in [4.78, 5) is 1.51. The first kappa shape index (κ1) is 14.3. The molecule has 0 bridgehead atoms. The zero-order valence-corrected chi connectivity index (χ0v) is 12.2. The van der Waals surface area contributed by atoms with Crippen molar-refractivity contribution in [3.05, 3.63) is 36.3 Å². The van der Waals surface area contributed by atoms with Crippen molar-refractivity contribution in [3.63, 3.8) is 0 Å². The van der Waals surface area contributed by atoms with Crippen molar-refractivity contribution in [1.82, 2.24) is 40.8 Å². The summed E-state index contributed by atoms with van der Waals surface area (Å²) in [6.45, 7) is 2.60. The molecule has 10 heteroatoms. The minimum atomic E-state index is 0.226. The van der Waals surface area contributed by atoms with Crippen LogP contribution in [-0.2, 0) is 6.54 Å². The largest absolute Gasteiger partial charge is 0.360 e. The first-order valence-corrected chi connectivity index (χ1v) is 6.79. The normalized spacial score (nSPS) is 11.2. The first-order chi connectivity index (χ1) is 11.3. The summed E-state index contributed by atoms with van der Waals surface area (Å²) in [5, 5.41) is 37.6. The highest BCUT2D eigenvalue weighted by atomic mass is 15.6. The number of hydrogen-bond donors (Lipinski definition) is 2. The Hall–Kier alpha value is -3.61. The maximum absolute atomic E-state index is 9.13. The van der Waals surface area contributed by atoms with Crippen LogP contribution in [0.2, 0.25) is 0 Å². The molecule has 0 fully saturated rings. The quantitative estimate of drug-likeness (QED) is 0.662. The van der Waals surface area contributed by atoms with E-state index in [0.717, 1.165) is 11.3 Å². The van der Waals surface area contributed by atoms with Crippen molar-refractivity contribution < 1.29 is 0 Å². The van der Waals surface area contributed by atoms with Crippen molar-refractivity contribution in [1.29, 1.82) is 5.26 Å². The number of nitrogens with one attached hydrogen (secondary N) is 2. The summed E-state index contributed by atoms with van der Waals surface area (Å²) in [7, 11) is 0. The van der Waals surface area contributed by atoms with Gasteiger partial charge >= 0.3 is 0 Å². The maximum atomic E-state index is 9.13. The Morgan fingerprint density at radius 1 is 1.43 bits per heavy atom. The van der Waals surface area contributed by atoms with Crippen LogP contribution in [0.3, 0.4) is 0 Å². The van der Waals surface area contributed by atoms with Gasteiger partial charge in [-0.2, -0.15) is 15.3 Å². The average molecular weight is 308 g/mol. The second-order valence-electron chi connectivity index (χ2n) is 4.43. The number of nitriles is 1. The van der Waals surface area contributed by atoms with E-state index in [1.54, 1.807) is 0 Å². The molecule has 23 heavy (non-hydrogen) atoms. The van der Waals surface area contributed by atoms with Gasteiger partial charge in [0.25, 0.3) is 0 Å². The van der Waals surface area contributed by atoms with E-state index in [-0.39, 0.29) is 11.4 Å². The van der Waals surface area contributed by atoms with Gasteiger partial charge in [-0.25, -0.2) is 0 Å². The zero-order chi connectivity index (χ0) is 16.1. The fraction of sp³-hybridized carbons (Fsp3) is 0.154. The minimum Gasteiger partial charge on any atom is -0.360 e. The molecule has 10 nitrogen and oxygen atoms in total. The van der Waals surface area contributed by atoms with Crippen LogP contribution in [0, 0.1) is 11.3 Å². The SMILES string of the molecule is CCn1nnc(-c2cccc(NC=C(C#N)c3nn[nH]n3)c2)n1. The first-order valence-electron chi connectivity index (χ1n) is 6.79. The van der Waals surface area contributed by atoms with Crippen LogP contribution in [0.4, 0.5) is 5.69 Å². The number of aromatic nitrogens is 8. The smallest absolute Gasteiger partial charge is 0.216 e. The standard InChI is InChI=1S/C13H12N10/c1-2-23-19-13(18-22-23)9-4-3-5-11(6-9)15-8-10(7-14)12-16-20-21-17-12/h3-6,8,15H,2H2,1H3,(H,16,17,20,21). The molecule has 0 unspecified atom stereocenters. The monoisotopic (exact) mass is 308 g/mol. The third-order valence-corrected chi connectivity index (χ3v) is 2.95. The number of allylic oxidation sites excluding steroid dienone is 1. The average Bonchev–Trinajstić information content (AvgIpc) is 3.27. The molecule has 3 aromatic rings. The fourth-order valence-electron chi connectivity index (χ4n) is 1.82. The number of hydrogen-bond acceptors (Lipinski definition) is 8. The van der Waals surface area contributed by atoms with Crippen LogP contribution in [0.1, 0.15) is 12.7 Å². The molecular weight excluding hydrogens is 296 g/mol. The number of benzene rings is 1. The molecule has 2 heterocycles. The van der Waals surface area contributed by atoms with Gasteiger partial charge in [0.1, 0.15) is 11.6 Å². The molecule has 0 aliphatic rings. The Bertz CT molecular complexity index is 855. The van der Waals surface area contributed by atoms with Crippen LogP contribution in [0.5, 0.6) is 0 Å². The van der Waals surface area contributed by atoms with Crippen molar-refractivity contribution >= 4 is 11.3 Å². The van der Waals surface area contributed by atoms with Gasteiger partial charge in [-0.3, -0.25) is 0 Å². The van der Waals surface area contributed by atoms with Crippen molar-refractivity contribution in [3.8, 4) is 17.5 Å². The molecule has 2 N–H and O–H groups in total. The molecule has 0 saturated heterocycles. The lowest BCUT2D eigenvalue weighted by molar-refractivity contribution is 0.553. The van der Waals surface area contributed by atoms with Gasteiger partial charge < -0.3 is 5.32 Å². The van der Waals surface area contributed by atoms with Gasteiger partial charge in [-0.15, -0.1) is 20.4 Å². The van der Waals surface area contributed by atoms with Crippen molar-refractivity contribution in [2.24, 2.45) is 0 Å². The lowest BCUT2D eigenvalue weighted by Crippen LogP contribution is -1.98. The predicted octanol–water partition coefficient (Wildman–Crippen LogP) is 0.850. The van der Waals surface area contributed by atoms with Crippen LogP contribution in [-0.4, -0.2) is 40.8 Å². The second kappa shape index (κ2) is 6.44. The minimum absolute atomic E-state index is 0.226. The van der Waals surface area contributed by atoms with E-state index in [0.29, 0.717) is 12.4 Å². The van der Waals surface area contributed by atoms with E-state index in [9.17, 15) is 0 Å². The van der Waals surface area contributed by atoms with E-state index >= 15 is 0 Å². The molecule has 0 aliphatic heterocycles. The fourth-order valence-corrected chi connectivity index (χ4v) is 1.82. The number of rotatable bonds is 5. The van der Waals surface area contributed by atoms with E-state index in [4.69, 9.17) is 5.26 Å². The Labute approximate surface area is 130 Å². The van der Waals surface area contributed by atoms with E-state index in [1.165, 1.54) is 11.0 Å². The molecule has 0 spiro atoms. The molecule has 0 aliphatic carbocycles. The third kappa shape index (κ3) is 3.18. The molecule has 0 saturated carbocycles. The molecule has 114 valence electrons. The Balaban J connectivity index is 1.81. The summed E-state index contributed by atoms with van der Waals surface area (Å²) in [6.07, 6.45) is 1.51. The Morgan fingerprint density at radius 2 is 2.35 bits per heavy atom. The summed E-state index contributed by atoms with van der Waals surface area (Å²) < 4.78 is 0. The molecule has 0 radical (unpaired) electrons. The summed E-state index contributed by atoms with van der Waals surface area (Å²) in [6, 6.07) is 9.47. The molecule has 3 rings (SSSR count). The number of nitrogens with zero attached hydrogens (tertiary/aromatic N) is 8. The topological polar surface area (TPSA) is 134 Å². The second-order valence-corrected chi connectivity index (χ2v) is 4.43. The van der Waals surface area contributed by atoms with E-state index in [1.807, 2.05) is 37.3 Å². The van der Waals surface area contributed by atoms with Gasteiger partial charge in [-0.05, 0) is 29.5 Å². The van der Waals surface area contributed by atoms with Gasteiger partial charge in [0.05, 0.1) is 6.54 Å². The van der Waals surface area contributed by atoms with Crippen LogP contribution < -0.4 is 5.32 Å². The number of aryl methyl sites for hydroxylation is 1. The van der Waals surface area contributed by atoms with Crippen LogP contribution in [0.25, 0.3) is 17.0 Å². The highest BCUT2D eigenvalue weighted by Crippen LogP contribution is 2.19. The summed E-state index contributed by atoms with van der Waals surface area (Å²) in [5.41, 5.74) is 1.85. The van der Waals surface area contributed by atoms with Gasteiger partial charge in [0, 0.05) is 17.5 Å². The molecule has 2 aromatic heterocycles. The van der Waals surface area contributed by atoms with Gasteiger partial charge in [0.2, 0.25) is 11.6 Å². The lowest BCUT2D eigenvalue weighted by atomic mass is 10.2. The third-order valence-electron chi connectivity index (χ3n) is 2.95. The highest BCUT2D eigenvalue weighted by molar-refractivity contribution is 5.74. The van der Waals surface area contributed by atoms with Crippen molar-refractivity contribution in [2.75, 3.05) is 5.32 Å². The Morgan fingerprint density at radius 3 is 3.04 bits per heavy atom. The van der Waals surface area contributed by atoms with Gasteiger partial charge in [-0.1, -0.05) is 12.1 Å². The predicted molar refractivity (Wildman–Crippen MR) is 80.3 cm³/mol. The molecule has 0 amide bonds. The van der Waals surface area contributed by atoms with Crippen LogP contribution in [0.15, 0.2) is 30.5 Å². The zero-order valence-electron chi connectivity index (χ0n) is 12.2. The van der Waals surface area contributed by atoms with Crippen molar-refractivity contribution in [2.45, 2.75) is 13.5 Å². The van der Waals surface area contributed by atoms with Gasteiger partial charge in [0.15, 0.2) is 0 Å². The number of H-pyrrole nitrogens is 1. The molecule has 1 aromatic carbocycles. The summed E-state index contributed by atoms with van der Waals surface area (Å²) >= 11 is 0. The van der Waals surface area contributed by atoms with Crippen LogP contribution >= 0.6 is 0 Å². The number of anilines is 1.